The van der Waals surface area contributed by atoms with Crippen LogP contribution >= 0.6 is 23.2 Å². The number of aromatic nitrogens is 1. The van der Waals surface area contributed by atoms with Crippen molar-refractivity contribution in [2.24, 2.45) is 0 Å². The van der Waals surface area contributed by atoms with E-state index < -0.39 is 0 Å². The molecule has 0 bridgehead atoms. The maximum atomic E-state index is 13.8. The number of para-hydroxylation sites is 1. The average Bonchev–Trinajstić information content (AvgIpc) is 2.85. The molecule has 1 atom stereocenters. The lowest BCUT2D eigenvalue weighted by Gasteiger charge is -2.44. The molecule has 2 fully saturated rings. The molecule has 2 aromatic carbocycles. The van der Waals surface area contributed by atoms with Crippen LogP contribution in [0.1, 0.15) is 10.4 Å². The van der Waals surface area contributed by atoms with E-state index in [0.29, 0.717) is 54.0 Å². The zero-order valence-electron chi connectivity index (χ0n) is 18.7. The van der Waals surface area contributed by atoms with E-state index in [2.05, 4.69) is 14.8 Å². The van der Waals surface area contributed by atoms with Gasteiger partial charge in [-0.05, 0) is 24.3 Å². The van der Waals surface area contributed by atoms with Gasteiger partial charge in [-0.3, -0.25) is 14.5 Å². The van der Waals surface area contributed by atoms with Crippen molar-refractivity contribution in [1.82, 2.24) is 14.8 Å². The molecule has 0 spiro atoms. The molecular formula is C25H26Cl2N4O3. The van der Waals surface area contributed by atoms with Crippen molar-refractivity contribution >= 4 is 45.7 Å². The highest BCUT2D eigenvalue weighted by Gasteiger charge is 2.33. The van der Waals surface area contributed by atoms with Crippen LogP contribution < -0.4 is 10.5 Å². The van der Waals surface area contributed by atoms with Crippen LogP contribution in [0.25, 0.3) is 10.9 Å². The van der Waals surface area contributed by atoms with Crippen LogP contribution in [0, 0.1) is 0 Å². The smallest absolute Gasteiger partial charge is 0.255 e. The molecule has 34 heavy (non-hydrogen) atoms. The fraction of sp³-hybridized carbons (Fsp3) is 0.360. The molecule has 1 N–H and O–H groups in total. The molecule has 3 aromatic rings. The predicted octanol–water partition coefficient (Wildman–Crippen LogP) is 3.50. The highest BCUT2D eigenvalue weighted by atomic mass is 35.5. The Labute approximate surface area is 207 Å². The Morgan fingerprint density at radius 2 is 1.79 bits per heavy atom. The van der Waals surface area contributed by atoms with E-state index in [0.717, 1.165) is 30.7 Å². The molecule has 7 nitrogen and oxygen atoms in total. The Kier molecular flexibility index (Phi) is 6.79. The zero-order valence-corrected chi connectivity index (χ0v) is 20.2. The van der Waals surface area contributed by atoms with Gasteiger partial charge in [-0.15, -0.1) is 0 Å². The molecule has 9 heteroatoms. The number of carbonyl (C=O) groups is 1. The van der Waals surface area contributed by atoms with E-state index >= 15 is 0 Å². The maximum Gasteiger partial charge on any atom is 0.255 e. The summed E-state index contributed by atoms with van der Waals surface area (Å²) in [6.45, 7) is 5.63. The molecule has 5 rings (SSSR count). The van der Waals surface area contributed by atoms with E-state index in [1.54, 1.807) is 6.07 Å². The van der Waals surface area contributed by atoms with Crippen LogP contribution in [-0.4, -0.2) is 79.2 Å². The molecule has 0 unspecified atom stereocenters. The number of morpholine rings is 1. The molecule has 1 aromatic heterocycles. The summed E-state index contributed by atoms with van der Waals surface area (Å²) in [4.78, 5) is 35.5. The van der Waals surface area contributed by atoms with Gasteiger partial charge in [0.25, 0.3) is 5.91 Å². The van der Waals surface area contributed by atoms with E-state index in [1.807, 2.05) is 41.3 Å². The normalized spacial score (nSPS) is 19.5. The van der Waals surface area contributed by atoms with Gasteiger partial charge >= 0.3 is 0 Å². The number of nitrogens with one attached hydrogen (secondary N) is 1. The maximum absolute atomic E-state index is 13.8. The van der Waals surface area contributed by atoms with Crippen LogP contribution in [0.4, 0.5) is 5.69 Å². The number of anilines is 1. The predicted molar refractivity (Wildman–Crippen MR) is 135 cm³/mol. The highest BCUT2D eigenvalue weighted by molar-refractivity contribution is 6.42. The monoisotopic (exact) mass is 500 g/mol. The minimum Gasteiger partial charge on any atom is -0.379 e. The molecule has 3 heterocycles. The van der Waals surface area contributed by atoms with Gasteiger partial charge in [0.15, 0.2) is 0 Å². The van der Waals surface area contributed by atoms with Crippen molar-refractivity contribution in [3.63, 3.8) is 0 Å². The molecular weight excluding hydrogens is 475 g/mol. The van der Waals surface area contributed by atoms with E-state index in [1.165, 1.54) is 6.07 Å². The third-order valence-electron chi connectivity index (χ3n) is 6.57. The lowest BCUT2D eigenvalue weighted by atomic mass is 10.0. The second-order valence-electron chi connectivity index (χ2n) is 8.70. The van der Waals surface area contributed by atoms with Crippen molar-refractivity contribution in [3.05, 3.63) is 74.5 Å². The number of aromatic amines is 1. The zero-order chi connectivity index (χ0) is 23.7. The summed E-state index contributed by atoms with van der Waals surface area (Å²) in [7, 11) is 0. The van der Waals surface area contributed by atoms with Gasteiger partial charge < -0.3 is 19.5 Å². The summed E-state index contributed by atoms with van der Waals surface area (Å²) in [6.07, 6.45) is 0. The number of nitrogens with zero attached hydrogens (tertiary/aromatic N) is 3. The fourth-order valence-corrected chi connectivity index (χ4v) is 5.11. The summed E-state index contributed by atoms with van der Waals surface area (Å²) >= 11 is 12.4. The molecule has 2 saturated heterocycles. The van der Waals surface area contributed by atoms with Crippen molar-refractivity contribution in [2.75, 3.05) is 57.4 Å². The van der Waals surface area contributed by atoms with Gasteiger partial charge in [-0.2, -0.15) is 0 Å². The number of hydrogen-bond donors (Lipinski definition) is 1. The van der Waals surface area contributed by atoms with Gasteiger partial charge in [-0.1, -0.05) is 41.4 Å². The number of rotatable bonds is 4. The number of halogens is 2. The van der Waals surface area contributed by atoms with Crippen molar-refractivity contribution in [1.29, 1.82) is 0 Å². The van der Waals surface area contributed by atoms with Gasteiger partial charge in [0, 0.05) is 61.9 Å². The van der Waals surface area contributed by atoms with Gasteiger partial charge in [0.05, 0.1) is 34.9 Å². The lowest BCUT2D eigenvalue weighted by molar-refractivity contribution is 0.0204. The van der Waals surface area contributed by atoms with Gasteiger partial charge in [-0.25, -0.2) is 0 Å². The molecule has 0 aliphatic carbocycles. The summed E-state index contributed by atoms with van der Waals surface area (Å²) in [5.74, 6) is -0.116. The van der Waals surface area contributed by atoms with Crippen LogP contribution in [0.2, 0.25) is 10.0 Å². The van der Waals surface area contributed by atoms with Gasteiger partial charge in [0.1, 0.15) is 0 Å². The largest absolute Gasteiger partial charge is 0.379 e. The Balaban J connectivity index is 1.46. The first-order valence-corrected chi connectivity index (χ1v) is 12.2. The second kappa shape index (κ2) is 9.96. The topological polar surface area (TPSA) is 68.9 Å². The summed E-state index contributed by atoms with van der Waals surface area (Å²) in [5, 5.41) is 1.78. The SMILES string of the molecule is O=C(c1cc(=O)[nH]c2ccccc12)N1CCN(c2ccc(Cl)c(Cl)c2)C[C@H]1CN1CCOCC1. The molecule has 0 radical (unpaired) electrons. The number of benzene rings is 2. The minimum absolute atomic E-state index is 0.0631. The van der Waals surface area contributed by atoms with E-state index in [9.17, 15) is 9.59 Å². The van der Waals surface area contributed by atoms with Crippen molar-refractivity contribution in [2.45, 2.75) is 6.04 Å². The fourth-order valence-electron chi connectivity index (χ4n) is 4.81. The number of carbonyl (C=O) groups excluding carboxylic acids is 1. The van der Waals surface area contributed by atoms with Crippen LogP contribution in [0.5, 0.6) is 0 Å². The van der Waals surface area contributed by atoms with E-state index in [-0.39, 0.29) is 17.5 Å². The first kappa shape index (κ1) is 23.2. The lowest BCUT2D eigenvalue weighted by Crippen LogP contribution is -2.59. The Morgan fingerprint density at radius 1 is 1.00 bits per heavy atom. The van der Waals surface area contributed by atoms with Crippen LogP contribution in [0.3, 0.4) is 0 Å². The van der Waals surface area contributed by atoms with Crippen molar-refractivity contribution < 1.29 is 9.53 Å². The Hall–Kier alpha value is -2.58. The molecule has 178 valence electrons. The number of piperazine rings is 1. The summed E-state index contributed by atoms with van der Waals surface area (Å²) in [5.41, 5.74) is 1.81. The van der Waals surface area contributed by atoms with Crippen molar-refractivity contribution in [3.8, 4) is 0 Å². The first-order valence-electron chi connectivity index (χ1n) is 11.4. The average molecular weight is 501 g/mol. The molecule has 0 saturated carbocycles. The third kappa shape index (κ3) is 4.79. The highest BCUT2D eigenvalue weighted by Crippen LogP contribution is 2.29. The number of amides is 1. The van der Waals surface area contributed by atoms with E-state index in [4.69, 9.17) is 27.9 Å². The van der Waals surface area contributed by atoms with Crippen LogP contribution in [0.15, 0.2) is 53.3 Å². The van der Waals surface area contributed by atoms with Gasteiger partial charge in [0.2, 0.25) is 5.56 Å². The molecule has 1 amide bonds. The number of pyridine rings is 1. The number of ether oxygens (including phenoxy) is 1. The Bertz CT molecular complexity index is 1260. The minimum atomic E-state index is -0.277. The number of fused-ring (bicyclic) bond motifs is 1. The third-order valence-corrected chi connectivity index (χ3v) is 7.30. The number of hydrogen-bond acceptors (Lipinski definition) is 5. The summed E-state index contributed by atoms with van der Waals surface area (Å²) in [6, 6.07) is 14.4. The number of H-pyrrole nitrogens is 1. The first-order chi connectivity index (χ1) is 16.5. The van der Waals surface area contributed by atoms with Crippen LogP contribution in [-0.2, 0) is 4.74 Å². The summed E-state index contributed by atoms with van der Waals surface area (Å²) < 4.78 is 5.51. The Morgan fingerprint density at radius 3 is 2.59 bits per heavy atom. The quantitative estimate of drug-likeness (QED) is 0.593. The molecule has 2 aliphatic rings. The molecule has 2 aliphatic heterocycles. The standard InChI is InChI=1S/C25H26Cl2N4O3/c26-21-6-5-17(13-22(21)27)30-7-8-31(18(16-30)15-29-9-11-34-12-10-29)25(33)20-14-24(32)28-23-4-2-1-3-19(20)23/h1-6,13-14,18H,7-12,15-16H2,(H,28,32)/t18-/m1/s1. The second-order valence-corrected chi connectivity index (χ2v) is 9.52.